The van der Waals surface area contributed by atoms with E-state index in [0.717, 1.165) is 11.3 Å². The summed E-state index contributed by atoms with van der Waals surface area (Å²) in [7, 11) is 0. The molecule has 124 valence electrons. The zero-order valence-electron chi connectivity index (χ0n) is 13.5. The summed E-state index contributed by atoms with van der Waals surface area (Å²) < 4.78 is 7.01. The van der Waals surface area contributed by atoms with Gasteiger partial charge < -0.3 is 4.42 Å². The summed E-state index contributed by atoms with van der Waals surface area (Å²) in [5.41, 5.74) is 2.20. The molecule has 25 heavy (non-hydrogen) atoms. The third kappa shape index (κ3) is 2.60. The number of hydrogen-bond acceptors (Lipinski definition) is 5. The largest absolute Gasteiger partial charge is 0.401 e. The normalized spacial score (nSPS) is 11.2. The monoisotopic (exact) mass is 352 g/mol. The van der Waals surface area contributed by atoms with Crippen molar-refractivity contribution in [2.24, 2.45) is 0 Å². The molecule has 4 aromatic rings. The molecule has 0 saturated heterocycles. The first-order chi connectivity index (χ1) is 12.0. The van der Waals surface area contributed by atoms with E-state index in [-0.39, 0.29) is 5.89 Å². The zero-order valence-corrected chi connectivity index (χ0v) is 14.3. The average molecular weight is 353 g/mol. The molecule has 0 saturated carbocycles. The Morgan fingerprint density at radius 1 is 1.16 bits per heavy atom. The number of aryl methyl sites for hydroxylation is 2. The molecule has 0 amide bonds. The van der Waals surface area contributed by atoms with E-state index in [2.05, 4.69) is 15.1 Å². The lowest BCUT2D eigenvalue weighted by atomic mass is 10.1. The van der Waals surface area contributed by atoms with Crippen LogP contribution < -0.4 is 5.63 Å². The summed E-state index contributed by atoms with van der Waals surface area (Å²) >= 11 is 6.24. The number of halogens is 1. The molecule has 0 aliphatic heterocycles. The van der Waals surface area contributed by atoms with E-state index in [4.69, 9.17) is 16.0 Å². The van der Waals surface area contributed by atoms with E-state index in [1.807, 2.05) is 26.0 Å². The van der Waals surface area contributed by atoms with Gasteiger partial charge in [0.1, 0.15) is 5.69 Å². The second-order valence-corrected chi connectivity index (χ2v) is 6.07. The van der Waals surface area contributed by atoms with Crippen molar-refractivity contribution in [3.05, 3.63) is 69.3 Å². The fraction of sp³-hybridized carbons (Fsp3) is 0.111. The van der Waals surface area contributed by atoms with Gasteiger partial charge in [0.2, 0.25) is 5.89 Å². The Kier molecular flexibility index (Phi) is 3.62. The van der Waals surface area contributed by atoms with Gasteiger partial charge in [0.15, 0.2) is 5.82 Å². The Morgan fingerprint density at radius 2 is 2.00 bits per heavy atom. The van der Waals surface area contributed by atoms with Gasteiger partial charge >= 0.3 is 5.63 Å². The van der Waals surface area contributed by atoms with Crippen LogP contribution in [0.4, 0.5) is 0 Å². The van der Waals surface area contributed by atoms with Crippen LogP contribution in [0.25, 0.3) is 28.3 Å². The lowest BCUT2D eigenvalue weighted by Crippen LogP contribution is -2.08. The number of rotatable bonds is 2. The van der Waals surface area contributed by atoms with Gasteiger partial charge in [-0.2, -0.15) is 5.10 Å². The van der Waals surface area contributed by atoms with Gasteiger partial charge in [0.25, 0.3) is 0 Å². The van der Waals surface area contributed by atoms with Crippen LogP contribution in [0.2, 0.25) is 5.02 Å². The topological polar surface area (TPSA) is 73.8 Å². The van der Waals surface area contributed by atoms with Crippen LogP contribution in [0.5, 0.6) is 0 Å². The average Bonchev–Trinajstić information content (AvgIpc) is 2.96. The summed E-state index contributed by atoms with van der Waals surface area (Å²) in [5.74, 6) is 0.617. The summed E-state index contributed by atoms with van der Waals surface area (Å²) in [6.07, 6.45) is 1.62. The maximum Gasteiger partial charge on any atom is 0.347 e. The molecular formula is C18H13ClN4O2. The first-order valence-corrected chi connectivity index (χ1v) is 8.01. The van der Waals surface area contributed by atoms with E-state index in [1.165, 1.54) is 4.68 Å². The maximum atomic E-state index is 12.4. The molecule has 0 aliphatic rings. The van der Waals surface area contributed by atoms with Gasteiger partial charge in [-0.15, -0.1) is 0 Å². The SMILES string of the molecule is Cc1cc(-c2nc3cccc(C)c3c(=O)o2)n(-c2ncccc2Cl)n1. The Hall–Kier alpha value is -2.99. The molecule has 0 fully saturated rings. The highest BCUT2D eigenvalue weighted by Gasteiger charge is 2.18. The predicted octanol–water partition coefficient (Wildman–Crippen LogP) is 3.71. The molecule has 3 heterocycles. The standard InChI is InChI=1S/C18H13ClN4O2/c1-10-5-3-7-13-15(10)18(24)25-17(21-13)14-9-11(2)22-23(14)16-12(19)6-4-8-20-16/h3-9H,1-2H3. The summed E-state index contributed by atoms with van der Waals surface area (Å²) in [6, 6.07) is 10.7. The molecule has 3 aromatic heterocycles. The molecular weight excluding hydrogens is 340 g/mol. The molecule has 1 aromatic carbocycles. The molecule has 4 rings (SSSR count). The minimum atomic E-state index is -0.435. The van der Waals surface area contributed by atoms with E-state index >= 15 is 0 Å². The Balaban J connectivity index is 1.99. The van der Waals surface area contributed by atoms with Crippen molar-refractivity contribution in [1.82, 2.24) is 19.7 Å². The third-order valence-corrected chi connectivity index (χ3v) is 4.15. The van der Waals surface area contributed by atoms with E-state index in [0.29, 0.717) is 27.4 Å². The first-order valence-electron chi connectivity index (χ1n) is 7.63. The second kappa shape index (κ2) is 5.82. The van der Waals surface area contributed by atoms with Gasteiger partial charge in [-0.25, -0.2) is 19.4 Å². The van der Waals surface area contributed by atoms with Crippen molar-refractivity contribution in [2.45, 2.75) is 13.8 Å². The molecule has 0 unspecified atom stereocenters. The van der Waals surface area contributed by atoms with Crippen LogP contribution >= 0.6 is 11.6 Å². The van der Waals surface area contributed by atoms with Crippen molar-refractivity contribution >= 4 is 22.5 Å². The van der Waals surface area contributed by atoms with Crippen LogP contribution in [0, 0.1) is 13.8 Å². The highest BCUT2D eigenvalue weighted by atomic mass is 35.5. The number of benzene rings is 1. The molecule has 0 N–H and O–H groups in total. The lowest BCUT2D eigenvalue weighted by Gasteiger charge is -2.07. The molecule has 0 aliphatic carbocycles. The van der Waals surface area contributed by atoms with Crippen molar-refractivity contribution < 1.29 is 4.42 Å². The first kappa shape index (κ1) is 15.5. The van der Waals surface area contributed by atoms with Gasteiger partial charge in [-0.3, -0.25) is 0 Å². The van der Waals surface area contributed by atoms with Gasteiger partial charge in [0.05, 0.1) is 21.6 Å². The van der Waals surface area contributed by atoms with Crippen molar-refractivity contribution in [1.29, 1.82) is 0 Å². The number of nitrogens with zero attached hydrogens (tertiary/aromatic N) is 4. The summed E-state index contributed by atoms with van der Waals surface area (Å²) in [5, 5.41) is 5.33. The number of pyridine rings is 1. The molecule has 0 bridgehead atoms. The van der Waals surface area contributed by atoms with Crippen LogP contribution in [-0.2, 0) is 0 Å². The number of hydrogen-bond donors (Lipinski definition) is 0. The van der Waals surface area contributed by atoms with Crippen LogP contribution in [0.1, 0.15) is 11.3 Å². The van der Waals surface area contributed by atoms with Crippen molar-refractivity contribution in [2.75, 3.05) is 0 Å². The number of fused-ring (bicyclic) bond motifs is 1. The van der Waals surface area contributed by atoms with E-state index in [9.17, 15) is 4.79 Å². The van der Waals surface area contributed by atoms with Gasteiger partial charge in [-0.1, -0.05) is 23.7 Å². The molecule has 0 atom stereocenters. The molecule has 6 nitrogen and oxygen atoms in total. The van der Waals surface area contributed by atoms with Crippen molar-refractivity contribution in [3.63, 3.8) is 0 Å². The predicted molar refractivity (Wildman–Crippen MR) is 95.1 cm³/mol. The van der Waals surface area contributed by atoms with E-state index < -0.39 is 5.63 Å². The highest BCUT2D eigenvalue weighted by molar-refractivity contribution is 6.32. The Morgan fingerprint density at radius 3 is 2.80 bits per heavy atom. The third-order valence-electron chi connectivity index (χ3n) is 3.86. The number of aromatic nitrogens is 4. The molecule has 0 spiro atoms. The maximum absolute atomic E-state index is 12.4. The molecule has 0 radical (unpaired) electrons. The van der Waals surface area contributed by atoms with E-state index in [1.54, 1.807) is 30.5 Å². The smallest absolute Gasteiger partial charge is 0.347 e. The zero-order chi connectivity index (χ0) is 17.6. The van der Waals surface area contributed by atoms with Gasteiger partial charge in [0, 0.05) is 6.20 Å². The minimum Gasteiger partial charge on any atom is -0.401 e. The fourth-order valence-electron chi connectivity index (χ4n) is 2.74. The Bertz CT molecular complexity index is 1160. The summed E-state index contributed by atoms with van der Waals surface area (Å²) in [6.45, 7) is 3.68. The minimum absolute atomic E-state index is 0.172. The summed E-state index contributed by atoms with van der Waals surface area (Å²) in [4.78, 5) is 21.2. The lowest BCUT2D eigenvalue weighted by molar-refractivity contribution is 0.513. The highest BCUT2D eigenvalue weighted by Crippen LogP contribution is 2.26. The molecule has 7 heteroatoms. The quantitative estimate of drug-likeness (QED) is 0.550. The fourth-order valence-corrected chi connectivity index (χ4v) is 2.94. The van der Waals surface area contributed by atoms with Crippen LogP contribution in [0.15, 0.2) is 51.8 Å². The van der Waals surface area contributed by atoms with Crippen LogP contribution in [-0.4, -0.2) is 19.7 Å². The van der Waals surface area contributed by atoms with Crippen molar-refractivity contribution in [3.8, 4) is 17.4 Å². The van der Waals surface area contributed by atoms with Gasteiger partial charge in [-0.05, 0) is 43.7 Å². The Labute approximate surface area is 147 Å². The van der Waals surface area contributed by atoms with Crippen LogP contribution in [0.3, 0.4) is 0 Å². The second-order valence-electron chi connectivity index (χ2n) is 5.67.